The van der Waals surface area contributed by atoms with Crippen molar-refractivity contribution in [2.24, 2.45) is 14.1 Å². The van der Waals surface area contributed by atoms with Crippen LogP contribution in [0.2, 0.25) is 5.02 Å². The van der Waals surface area contributed by atoms with E-state index in [9.17, 15) is 14.4 Å². The van der Waals surface area contributed by atoms with Crippen LogP contribution >= 0.6 is 11.6 Å². The molecule has 9 nitrogen and oxygen atoms in total. The number of imidazole rings is 1. The van der Waals surface area contributed by atoms with Crippen molar-refractivity contribution in [2.75, 3.05) is 31.1 Å². The predicted octanol–water partition coefficient (Wildman–Crippen LogP) is 0.576. The molecular weight excluding hydrogens is 384 g/mol. The number of carbonyl (C=O) groups excluding carboxylic acids is 1. The van der Waals surface area contributed by atoms with Gasteiger partial charge < -0.3 is 14.8 Å². The Balaban J connectivity index is 1.55. The van der Waals surface area contributed by atoms with Gasteiger partial charge in [0.05, 0.1) is 0 Å². The zero-order chi connectivity index (χ0) is 20.0. The van der Waals surface area contributed by atoms with E-state index in [1.807, 2.05) is 4.90 Å². The lowest BCUT2D eigenvalue weighted by Crippen LogP contribution is -2.49. The quantitative estimate of drug-likeness (QED) is 0.676. The summed E-state index contributed by atoms with van der Waals surface area (Å²) in [5.74, 6) is 0.450. The van der Waals surface area contributed by atoms with Gasteiger partial charge in [0, 0.05) is 50.9 Å². The highest BCUT2D eigenvalue weighted by Crippen LogP contribution is 2.18. The maximum atomic E-state index is 12.6. The SMILES string of the molecule is Cn1c(=O)c2[nH]c(N3CCN(C(=O)c4cccc(Cl)c4)CC3)nc2n(C)c1=O. The number of rotatable bonds is 2. The fourth-order valence-corrected chi connectivity index (χ4v) is 3.58. The van der Waals surface area contributed by atoms with Crippen LogP contribution in [-0.4, -0.2) is 56.1 Å². The minimum atomic E-state index is -0.424. The average Bonchev–Trinajstić information content (AvgIpc) is 3.16. The van der Waals surface area contributed by atoms with Crippen molar-refractivity contribution in [2.45, 2.75) is 0 Å². The molecule has 0 radical (unpaired) electrons. The zero-order valence-corrected chi connectivity index (χ0v) is 16.2. The van der Waals surface area contributed by atoms with Crippen LogP contribution in [0.5, 0.6) is 0 Å². The number of anilines is 1. The normalized spacial score (nSPS) is 14.7. The van der Waals surface area contributed by atoms with E-state index >= 15 is 0 Å². The molecular formula is C18H19ClN6O3. The van der Waals surface area contributed by atoms with Crippen molar-refractivity contribution < 1.29 is 4.79 Å². The zero-order valence-electron chi connectivity index (χ0n) is 15.5. The molecule has 1 fully saturated rings. The second-order valence-electron chi connectivity index (χ2n) is 6.75. The molecule has 1 N–H and O–H groups in total. The Kier molecular flexibility index (Phi) is 4.46. The first-order valence-electron chi connectivity index (χ1n) is 8.82. The summed E-state index contributed by atoms with van der Waals surface area (Å²) in [6.07, 6.45) is 0. The molecule has 1 aliphatic rings. The molecule has 3 heterocycles. The van der Waals surface area contributed by atoms with Crippen LogP contribution in [0.15, 0.2) is 33.9 Å². The standard InChI is InChI=1S/C18H19ClN6O3/c1-22-14-13(16(27)23(2)18(22)28)20-17(21-14)25-8-6-24(7-9-25)15(26)11-4-3-5-12(19)10-11/h3-5,10H,6-9H2,1-2H3,(H,20,21). The lowest BCUT2D eigenvalue weighted by atomic mass is 10.2. The number of carbonyl (C=O) groups is 1. The number of hydrogen-bond acceptors (Lipinski definition) is 5. The predicted molar refractivity (Wildman–Crippen MR) is 106 cm³/mol. The number of fused-ring (bicyclic) bond motifs is 1. The summed E-state index contributed by atoms with van der Waals surface area (Å²) < 4.78 is 2.39. The largest absolute Gasteiger partial charge is 0.339 e. The van der Waals surface area contributed by atoms with Gasteiger partial charge >= 0.3 is 5.69 Å². The molecule has 0 atom stereocenters. The van der Waals surface area contributed by atoms with E-state index in [1.165, 1.54) is 11.6 Å². The molecule has 1 saturated heterocycles. The minimum absolute atomic E-state index is 0.0666. The van der Waals surface area contributed by atoms with E-state index in [2.05, 4.69) is 9.97 Å². The second kappa shape index (κ2) is 6.83. The van der Waals surface area contributed by atoms with Gasteiger partial charge in [-0.15, -0.1) is 0 Å². The molecule has 1 aromatic carbocycles. The van der Waals surface area contributed by atoms with Gasteiger partial charge in [-0.3, -0.25) is 18.7 Å². The third-order valence-electron chi connectivity index (χ3n) is 5.02. The number of H-pyrrole nitrogens is 1. The molecule has 10 heteroatoms. The van der Waals surface area contributed by atoms with Gasteiger partial charge in [-0.1, -0.05) is 17.7 Å². The Morgan fingerprint density at radius 3 is 2.50 bits per heavy atom. The fourth-order valence-electron chi connectivity index (χ4n) is 3.39. The number of benzene rings is 1. The third-order valence-corrected chi connectivity index (χ3v) is 5.26. The van der Waals surface area contributed by atoms with Crippen LogP contribution < -0.4 is 16.1 Å². The van der Waals surface area contributed by atoms with Crippen LogP contribution in [0, 0.1) is 0 Å². The lowest BCUT2D eigenvalue weighted by Gasteiger charge is -2.34. The van der Waals surface area contributed by atoms with Gasteiger partial charge in [0.15, 0.2) is 11.2 Å². The molecule has 146 valence electrons. The maximum Gasteiger partial charge on any atom is 0.332 e. The number of aryl methyl sites for hydroxylation is 1. The van der Waals surface area contributed by atoms with Gasteiger partial charge in [-0.2, -0.15) is 4.98 Å². The monoisotopic (exact) mass is 402 g/mol. The molecule has 1 aliphatic heterocycles. The van der Waals surface area contributed by atoms with E-state index in [0.717, 1.165) is 4.57 Å². The molecule has 1 amide bonds. The number of piperazine rings is 1. The Morgan fingerprint density at radius 1 is 1.11 bits per heavy atom. The Hall–Kier alpha value is -3.07. The molecule has 2 aromatic heterocycles. The molecule has 4 rings (SSSR count). The summed E-state index contributed by atoms with van der Waals surface area (Å²) in [5, 5.41) is 0.527. The number of nitrogens with zero attached hydrogens (tertiary/aromatic N) is 5. The van der Waals surface area contributed by atoms with E-state index in [-0.39, 0.29) is 11.4 Å². The summed E-state index contributed by atoms with van der Waals surface area (Å²) in [6.45, 7) is 2.14. The van der Waals surface area contributed by atoms with E-state index in [4.69, 9.17) is 11.6 Å². The van der Waals surface area contributed by atoms with Gasteiger partial charge in [0.25, 0.3) is 11.5 Å². The summed E-state index contributed by atoms with van der Waals surface area (Å²) in [4.78, 5) is 48.2. The van der Waals surface area contributed by atoms with Crippen LogP contribution in [-0.2, 0) is 14.1 Å². The van der Waals surface area contributed by atoms with Gasteiger partial charge in [0.1, 0.15) is 0 Å². The van der Waals surface area contributed by atoms with Gasteiger partial charge in [-0.05, 0) is 18.2 Å². The van der Waals surface area contributed by atoms with E-state index in [1.54, 1.807) is 36.2 Å². The minimum Gasteiger partial charge on any atom is -0.339 e. The molecule has 0 unspecified atom stereocenters. The summed E-state index contributed by atoms with van der Waals surface area (Å²) in [5.41, 5.74) is 0.333. The molecule has 0 bridgehead atoms. The van der Waals surface area contributed by atoms with Crippen LogP contribution in [0.25, 0.3) is 11.2 Å². The number of halogens is 1. The highest BCUT2D eigenvalue weighted by Gasteiger charge is 2.25. The van der Waals surface area contributed by atoms with Crippen LogP contribution in [0.3, 0.4) is 0 Å². The highest BCUT2D eigenvalue weighted by molar-refractivity contribution is 6.30. The van der Waals surface area contributed by atoms with Crippen molar-refractivity contribution in [3.05, 3.63) is 55.7 Å². The number of hydrogen-bond donors (Lipinski definition) is 1. The summed E-state index contributed by atoms with van der Waals surface area (Å²) >= 11 is 5.97. The number of aromatic amines is 1. The average molecular weight is 403 g/mol. The molecule has 0 saturated carbocycles. The topological polar surface area (TPSA) is 96.2 Å². The van der Waals surface area contributed by atoms with Crippen molar-refractivity contribution >= 4 is 34.6 Å². The number of amides is 1. The molecule has 3 aromatic rings. The van der Waals surface area contributed by atoms with E-state index in [0.29, 0.717) is 48.4 Å². The first kappa shape index (κ1) is 18.3. The fraction of sp³-hybridized carbons (Fsp3) is 0.333. The Morgan fingerprint density at radius 2 is 1.82 bits per heavy atom. The Labute approximate surface area is 164 Å². The first-order valence-corrected chi connectivity index (χ1v) is 9.20. The van der Waals surface area contributed by atoms with Crippen molar-refractivity contribution in [3.63, 3.8) is 0 Å². The maximum absolute atomic E-state index is 12.6. The lowest BCUT2D eigenvalue weighted by molar-refractivity contribution is 0.0746. The van der Waals surface area contributed by atoms with Crippen molar-refractivity contribution in [3.8, 4) is 0 Å². The summed E-state index contributed by atoms with van der Waals surface area (Å²) in [7, 11) is 3.02. The molecule has 0 spiro atoms. The second-order valence-corrected chi connectivity index (χ2v) is 7.19. The number of aromatic nitrogens is 4. The smallest absolute Gasteiger partial charge is 0.332 e. The van der Waals surface area contributed by atoms with Gasteiger partial charge in [-0.25, -0.2) is 4.79 Å². The molecule has 28 heavy (non-hydrogen) atoms. The number of nitrogens with one attached hydrogen (secondary N) is 1. The van der Waals surface area contributed by atoms with Crippen LogP contribution in [0.1, 0.15) is 10.4 Å². The highest BCUT2D eigenvalue weighted by atomic mass is 35.5. The van der Waals surface area contributed by atoms with Crippen LogP contribution in [0.4, 0.5) is 5.95 Å². The van der Waals surface area contributed by atoms with E-state index < -0.39 is 11.2 Å². The third kappa shape index (κ3) is 2.97. The Bertz CT molecular complexity index is 1190. The van der Waals surface area contributed by atoms with Crippen molar-refractivity contribution in [1.29, 1.82) is 0 Å². The van der Waals surface area contributed by atoms with Crippen molar-refractivity contribution in [1.82, 2.24) is 24.0 Å². The summed E-state index contributed by atoms with van der Waals surface area (Å²) in [6, 6.07) is 6.89. The molecule has 0 aliphatic carbocycles. The first-order chi connectivity index (χ1) is 13.4. The van der Waals surface area contributed by atoms with Gasteiger partial charge in [0.2, 0.25) is 5.95 Å².